The lowest BCUT2D eigenvalue weighted by atomic mass is 10.2. The number of piperazine rings is 1. The van der Waals surface area contributed by atoms with Crippen LogP contribution in [0.5, 0.6) is 5.75 Å². The fourth-order valence-corrected chi connectivity index (χ4v) is 2.74. The van der Waals surface area contributed by atoms with Crippen LogP contribution in [0.1, 0.15) is 13.8 Å². The first-order valence-corrected chi connectivity index (χ1v) is 8.14. The van der Waals surface area contributed by atoms with Gasteiger partial charge in [0.15, 0.2) is 11.6 Å². The second-order valence-corrected chi connectivity index (χ2v) is 6.50. The summed E-state index contributed by atoms with van der Waals surface area (Å²) in [6, 6.07) is 3.02. The van der Waals surface area contributed by atoms with E-state index >= 15 is 0 Å². The molecule has 0 unspecified atom stereocenters. The molecule has 0 spiro atoms. The van der Waals surface area contributed by atoms with Crippen LogP contribution in [0.25, 0.3) is 0 Å². The average molecular weight is 327 g/mol. The lowest BCUT2D eigenvalue weighted by Gasteiger charge is -2.38. The maximum atomic E-state index is 14.4. The van der Waals surface area contributed by atoms with Gasteiger partial charge in [0.05, 0.1) is 0 Å². The Hall–Kier alpha value is -1.40. The predicted octanol–water partition coefficient (Wildman–Crippen LogP) is 2.44. The quantitative estimate of drug-likeness (QED) is 0.799. The highest BCUT2D eigenvalue weighted by molar-refractivity contribution is 5.52. The lowest BCUT2D eigenvalue weighted by molar-refractivity contribution is 0.208. The number of hydrogen-bond acceptors (Lipinski definition) is 4. The first-order valence-electron chi connectivity index (χ1n) is 8.14. The van der Waals surface area contributed by atoms with Gasteiger partial charge in [-0.05, 0) is 27.9 Å². The summed E-state index contributed by atoms with van der Waals surface area (Å²) < 4.78 is 34.1. The topological polar surface area (TPSA) is 19.0 Å². The van der Waals surface area contributed by atoms with Gasteiger partial charge in [-0.25, -0.2) is 8.78 Å². The normalized spacial score (nSPS) is 16.4. The number of nitrogens with zero attached hydrogens (tertiary/aromatic N) is 3. The van der Waals surface area contributed by atoms with E-state index in [-0.39, 0.29) is 11.4 Å². The van der Waals surface area contributed by atoms with Gasteiger partial charge in [0, 0.05) is 50.9 Å². The molecule has 6 heteroatoms. The van der Waals surface area contributed by atoms with E-state index in [9.17, 15) is 8.78 Å². The molecule has 1 heterocycles. The van der Waals surface area contributed by atoms with Crippen molar-refractivity contribution in [3.8, 4) is 5.75 Å². The van der Waals surface area contributed by atoms with E-state index < -0.39 is 11.6 Å². The van der Waals surface area contributed by atoms with Gasteiger partial charge >= 0.3 is 0 Å². The van der Waals surface area contributed by atoms with E-state index in [2.05, 4.69) is 18.7 Å². The molecule has 0 radical (unpaired) electrons. The number of halogens is 2. The van der Waals surface area contributed by atoms with Crippen LogP contribution in [0, 0.1) is 11.6 Å². The summed E-state index contributed by atoms with van der Waals surface area (Å²) in [6.07, 6.45) is 0. The number of hydrogen-bond donors (Lipinski definition) is 0. The molecule has 1 saturated heterocycles. The third-order valence-corrected chi connectivity index (χ3v) is 4.16. The zero-order valence-electron chi connectivity index (χ0n) is 14.5. The van der Waals surface area contributed by atoms with Crippen LogP contribution < -0.4 is 9.64 Å². The molecule has 1 aromatic rings. The minimum Gasteiger partial charge on any atom is -0.492 e. The van der Waals surface area contributed by atoms with Crippen LogP contribution in [-0.4, -0.2) is 69.3 Å². The van der Waals surface area contributed by atoms with Crippen molar-refractivity contribution in [1.82, 2.24) is 9.80 Å². The molecular weight excluding hydrogens is 300 g/mol. The smallest absolute Gasteiger partial charge is 0.153 e. The molecule has 0 bridgehead atoms. The molecule has 0 N–H and O–H groups in total. The maximum Gasteiger partial charge on any atom is 0.153 e. The Morgan fingerprint density at radius 1 is 1.09 bits per heavy atom. The standard InChI is InChI=1S/C17H27F2N3O/c1-13(2)21-5-7-22(8-6-21)17-15(18)11-14(12-16(17)19)23-10-9-20(3)4/h11-13H,5-10H2,1-4H3. The number of rotatable bonds is 6. The second kappa shape index (κ2) is 7.93. The summed E-state index contributed by atoms with van der Waals surface area (Å²) >= 11 is 0. The minimum absolute atomic E-state index is 0.0633. The van der Waals surface area contributed by atoms with Crippen LogP contribution in [0.3, 0.4) is 0 Å². The Morgan fingerprint density at radius 2 is 1.65 bits per heavy atom. The van der Waals surface area contributed by atoms with Crippen molar-refractivity contribution in [2.24, 2.45) is 0 Å². The highest BCUT2D eigenvalue weighted by Gasteiger charge is 2.24. The van der Waals surface area contributed by atoms with Crippen LogP contribution in [0.4, 0.5) is 14.5 Å². The molecule has 0 amide bonds. The van der Waals surface area contributed by atoms with Gasteiger partial charge in [0.2, 0.25) is 0 Å². The fraction of sp³-hybridized carbons (Fsp3) is 0.647. The number of likely N-dealkylation sites (N-methyl/N-ethyl adjacent to an activating group) is 1. The molecule has 2 rings (SSSR count). The van der Waals surface area contributed by atoms with E-state index in [1.807, 2.05) is 19.0 Å². The van der Waals surface area contributed by atoms with Gasteiger partial charge in [-0.3, -0.25) is 4.90 Å². The zero-order chi connectivity index (χ0) is 17.0. The monoisotopic (exact) mass is 327 g/mol. The Balaban J connectivity index is 2.03. The Bertz CT molecular complexity index is 492. The zero-order valence-corrected chi connectivity index (χ0v) is 14.5. The van der Waals surface area contributed by atoms with Crippen molar-refractivity contribution < 1.29 is 13.5 Å². The van der Waals surface area contributed by atoms with Crippen molar-refractivity contribution in [2.45, 2.75) is 19.9 Å². The number of benzene rings is 1. The van der Waals surface area contributed by atoms with E-state index in [0.717, 1.165) is 13.1 Å². The average Bonchev–Trinajstić information content (AvgIpc) is 2.46. The fourth-order valence-electron chi connectivity index (χ4n) is 2.74. The lowest BCUT2D eigenvalue weighted by Crippen LogP contribution is -2.49. The Kier molecular flexibility index (Phi) is 6.18. The number of ether oxygens (including phenoxy) is 1. The molecule has 1 aliphatic heterocycles. The summed E-state index contributed by atoms with van der Waals surface area (Å²) in [5, 5.41) is 0. The van der Waals surface area contributed by atoms with Crippen molar-refractivity contribution in [3.63, 3.8) is 0 Å². The van der Waals surface area contributed by atoms with Crippen LogP contribution >= 0.6 is 0 Å². The van der Waals surface area contributed by atoms with Crippen LogP contribution in [0.15, 0.2) is 12.1 Å². The summed E-state index contributed by atoms with van der Waals surface area (Å²) in [5.41, 5.74) is 0.0633. The van der Waals surface area contributed by atoms with Gasteiger partial charge in [0.1, 0.15) is 18.0 Å². The minimum atomic E-state index is -0.553. The molecule has 0 aromatic heterocycles. The van der Waals surface area contributed by atoms with Gasteiger partial charge in [-0.15, -0.1) is 0 Å². The SMILES string of the molecule is CC(C)N1CCN(c2c(F)cc(OCCN(C)C)cc2F)CC1. The summed E-state index contributed by atoms with van der Waals surface area (Å²) in [5.74, 6) is -0.864. The maximum absolute atomic E-state index is 14.4. The van der Waals surface area contributed by atoms with Gasteiger partial charge < -0.3 is 14.5 Å². The summed E-state index contributed by atoms with van der Waals surface area (Å²) in [7, 11) is 3.84. The molecule has 4 nitrogen and oxygen atoms in total. The Morgan fingerprint density at radius 3 is 2.13 bits per heavy atom. The number of anilines is 1. The van der Waals surface area contributed by atoms with Gasteiger partial charge in [0.25, 0.3) is 0 Å². The molecule has 0 aliphatic carbocycles. The molecule has 130 valence electrons. The van der Waals surface area contributed by atoms with Crippen molar-refractivity contribution in [3.05, 3.63) is 23.8 Å². The third kappa shape index (κ3) is 4.78. The van der Waals surface area contributed by atoms with E-state index in [1.165, 1.54) is 12.1 Å². The third-order valence-electron chi connectivity index (χ3n) is 4.16. The molecule has 1 aliphatic rings. The molecule has 0 atom stereocenters. The second-order valence-electron chi connectivity index (χ2n) is 6.50. The molecule has 0 saturated carbocycles. The van der Waals surface area contributed by atoms with Gasteiger partial charge in [-0.1, -0.05) is 0 Å². The van der Waals surface area contributed by atoms with Crippen molar-refractivity contribution >= 4 is 5.69 Å². The molecule has 1 fully saturated rings. The van der Waals surface area contributed by atoms with Crippen LogP contribution in [0.2, 0.25) is 0 Å². The molecule has 23 heavy (non-hydrogen) atoms. The van der Waals surface area contributed by atoms with Crippen molar-refractivity contribution in [2.75, 3.05) is 58.3 Å². The highest BCUT2D eigenvalue weighted by atomic mass is 19.1. The van der Waals surface area contributed by atoms with E-state index in [1.54, 1.807) is 4.90 Å². The van der Waals surface area contributed by atoms with E-state index in [0.29, 0.717) is 32.3 Å². The van der Waals surface area contributed by atoms with E-state index in [4.69, 9.17) is 4.74 Å². The first kappa shape index (κ1) is 17.9. The van der Waals surface area contributed by atoms with Crippen LogP contribution in [-0.2, 0) is 0 Å². The molecule has 1 aromatic carbocycles. The highest BCUT2D eigenvalue weighted by Crippen LogP contribution is 2.29. The summed E-state index contributed by atoms with van der Waals surface area (Å²) in [6.45, 7) is 8.27. The van der Waals surface area contributed by atoms with Gasteiger partial charge in [-0.2, -0.15) is 0 Å². The Labute approximate surface area is 137 Å². The first-order chi connectivity index (χ1) is 10.9. The summed E-state index contributed by atoms with van der Waals surface area (Å²) in [4.78, 5) is 6.05. The van der Waals surface area contributed by atoms with Crippen molar-refractivity contribution in [1.29, 1.82) is 0 Å². The largest absolute Gasteiger partial charge is 0.492 e. The predicted molar refractivity (Wildman–Crippen MR) is 89.3 cm³/mol. The molecular formula is C17H27F2N3O.